The van der Waals surface area contributed by atoms with Crippen LogP contribution in [0.25, 0.3) is 0 Å². The van der Waals surface area contributed by atoms with Crippen molar-refractivity contribution in [2.45, 2.75) is 39.4 Å². The lowest BCUT2D eigenvalue weighted by Gasteiger charge is -2.12. The molecule has 29 heavy (non-hydrogen) atoms. The predicted molar refractivity (Wildman–Crippen MR) is 95.2 cm³/mol. The maximum Gasteiger partial charge on any atom is 0.406 e. The van der Waals surface area contributed by atoms with E-state index in [-0.39, 0.29) is 41.1 Å². The van der Waals surface area contributed by atoms with E-state index in [9.17, 15) is 31.9 Å². The van der Waals surface area contributed by atoms with Gasteiger partial charge in [0.1, 0.15) is 12.4 Å². The van der Waals surface area contributed by atoms with Crippen LogP contribution in [0.4, 0.5) is 17.6 Å². The fourth-order valence-electron chi connectivity index (χ4n) is 2.80. The third-order valence-corrected chi connectivity index (χ3v) is 4.30. The molecule has 9 heteroatoms. The van der Waals surface area contributed by atoms with Gasteiger partial charge in [-0.2, -0.15) is 13.2 Å². The van der Waals surface area contributed by atoms with Crippen LogP contribution in [0.3, 0.4) is 0 Å². The molecule has 0 aliphatic rings. The number of halogens is 4. The van der Waals surface area contributed by atoms with Crippen molar-refractivity contribution in [2.24, 2.45) is 0 Å². The van der Waals surface area contributed by atoms with E-state index in [1.807, 2.05) is 0 Å². The molecule has 0 saturated carbocycles. The number of carbonyl (C=O) groups is 3. The van der Waals surface area contributed by atoms with E-state index >= 15 is 0 Å². The molecule has 0 bridgehead atoms. The number of benzene rings is 1. The largest absolute Gasteiger partial charge is 0.457 e. The molecule has 0 N–H and O–H groups in total. The molecule has 1 heterocycles. The van der Waals surface area contributed by atoms with E-state index < -0.39 is 36.9 Å². The van der Waals surface area contributed by atoms with E-state index in [1.54, 1.807) is 0 Å². The van der Waals surface area contributed by atoms with Crippen LogP contribution in [-0.2, 0) is 16.1 Å². The summed E-state index contributed by atoms with van der Waals surface area (Å²) < 4.78 is 56.6. The summed E-state index contributed by atoms with van der Waals surface area (Å²) in [7, 11) is 0. The Morgan fingerprint density at radius 1 is 1.00 bits per heavy atom. The van der Waals surface area contributed by atoms with Crippen LogP contribution >= 0.6 is 0 Å². The summed E-state index contributed by atoms with van der Waals surface area (Å²) in [6, 6.07) is 6.15. The minimum Gasteiger partial charge on any atom is -0.457 e. The van der Waals surface area contributed by atoms with E-state index in [2.05, 4.69) is 0 Å². The van der Waals surface area contributed by atoms with Gasteiger partial charge in [-0.25, -0.2) is 4.39 Å². The molecule has 2 rings (SSSR count). The van der Waals surface area contributed by atoms with Crippen molar-refractivity contribution in [3.8, 4) is 0 Å². The van der Waals surface area contributed by atoms with Gasteiger partial charge in [-0.15, -0.1) is 0 Å². The van der Waals surface area contributed by atoms with Gasteiger partial charge >= 0.3 is 12.1 Å². The monoisotopic (exact) mass is 413 g/mol. The molecule has 0 amide bonds. The number of alkyl halides is 3. The van der Waals surface area contributed by atoms with Gasteiger partial charge in [0.15, 0.2) is 12.4 Å². The van der Waals surface area contributed by atoms with Crippen molar-refractivity contribution in [3.63, 3.8) is 0 Å². The van der Waals surface area contributed by atoms with E-state index in [4.69, 9.17) is 4.74 Å². The van der Waals surface area contributed by atoms with Gasteiger partial charge in [0.05, 0.1) is 6.42 Å². The SMILES string of the molecule is Cc1cc(C(=O)COC(=O)CCC(=O)c2ccc(F)cc2)c(C)n1CC(F)(F)F. The number of Topliss-reactive ketones (excluding diaryl/α,β-unsaturated/α-hetero) is 2. The highest BCUT2D eigenvalue weighted by Gasteiger charge is 2.30. The molecule has 0 aliphatic heterocycles. The Labute approximate surface area is 164 Å². The van der Waals surface area contributed by atoms with Crippen LogP contribution in [0.15, 0.2) is 30.3 Å². The summed E-state index contributed by atoms with van der Waals surface area (Å²) >= 11 is 0. The molecule has 1 aromatic heterocycles. The molecule has 5 nitrogen and oxygen atoms in total. The Bertz CT molecular complexity index is 914. The molecule has 156 valence electrons. The molecule has 0 saturated heterocycles. The first-order valence-electron chi connectivity index (χ1n) is 8.69. The average molecular weight is 413 g/mol. The lowest BCUT2D eigenvalue weighted by Crippen LogP contribution is -2.20. The zero-order valence-corrected chi connectivity index (χ0v) is 15.8. The molecule has 0 aliphatic carbocycles. The Balaban J connectivity index is 1.89. The second-order valence-electron chi connectivity index (χ2n) is 6.50. The Morgan fingerprint density at radius 2 is 1.62 bits per heavy atom. The van der Waals surface area contributed by atoms with Crippen LogP contribution in [-0.4, -0.2) is 34.9 Å². The summed E-state index contributed by atoms with van der Waals surface area (Å²) in [5.41, 5.74) is 0.682. The highest BCUT2D eigenvalue weighted by atomic mass is 19.4. The first-order valence-corrected chi connectivity index (χ1v) is 8.69. The Morgan fingerprint density at radius 3 is 2.21 bits per heavy atom. The van der Waals surface area contributed by atoms with Gasteiger partial charge in [-0.3, -0.25) is 14.4 Å². The number of aromatic nitrogens is 1. The van der Waals surface area contributed by atoms with Crippen molar-refractivity contribution in [1.82, 2.24) is 4.57 Å². The first-order chi connectivity index (χ1) is 13.5. The molecule has 0 spiro atoms. The lowest BCUT2D eigenvalue weighted by atomic mass is 10.1. The topological polar surface area (TPSA) is 65.4 Å². The normalized spacial score (nSPS) is 11.4. The summed E-state index contributed by atoms with van der Waals surface area (Å²) in [5, 5.41) is 0. The number of rotatable bonds is 8. The maximum absolute atomic E-state index is 12.8. The molecule has 2 aromatic rings. The smallest absolute Gasteiger partial charge is 0.406 e. The van der Waals surface area contributed by atoms with E-state index in [1.165, 1.54) is 32.0 Å². The summed E-state index contributed by atoms with van der Waals surface area (Å²) in [5.74, 6) is -2.30. The van der Waals surface area contributed by atoms with Crippen LogP contribution in [0, 0.1) is 19.7 Å². The number of esters is 1. The molecule has 1 aromatic carbocycles. The van der Waals surface area contributed by atoms with Crippen molar-refractivity contribution < 1.29 is 36.7 Å². The third-order valence-electron chi connectivity index (χ3n) is 4.30. The van der Waals surface area contributed by atoms with Gasteiger partial charge in [-0.1, -0.05) is 0 Å². The van der Waals surface area contributed by atoms with Gasteiger partial charge in [-0.05, 0) is 44.2 Å². The Hall–Kier alpha value is -2.97. The number of ether oxygens (including phenoxy) is 1. The highest BCUT2D eigenvalue weighted by Crippen LogP contribution is 2.23. The van der Waals surface area contributed by atoms with E-state index in [0.717, 1.165) is 16.7 Å². The number of aryl methyl sites for hydroxylation is 1. The fourth-order valence-corrected chi connectivity index (χ4v) is 2.80. The van der Waals surface area contributed by atoms with Gasteiger partial charge in [0.2, 0.25) is 5.78 Å². The van der Waals surface area contributed by atoms with Gasteiger partial charge < -0.3 is 9.30 Å². The van der Waals surface area contributed by atoms with Crippen LogP contribution in [0.2, 0.25) is 0 Å². The number of hydrogen-bond acceptors (Lipinski definition) is 4. The minimum atomic E-state index is -4.43. The molecule has 0 radical (unpaired) electrons. The van der Waals surface area contributed by atoms with Gasteiger partial charge in [0.25, 0.3) is 0 Å². The maximum atomic E-state index is 12.8. The molecule has 0 unspecified atom stereocenters. The standard InChI is InChI=1S/C20H19F4NO4/c1-12-9-16(13(2)25(12)11-20(22,23)24)18(27)10-29-19(28)8-7-17(26)14-3-5-15(21)6-4-14/h3-6,9H,7-8,10-11H2,1-2H3. The number of carbonyl (C=O) groups excluding carboxylic acids is 3. The predicted octanol–water partition coefficient (Wildman–Crippen LogP) is 4.20. The van der Waals surface area contributed by atoms with Crippen LogP contribution in [0.5, 0.6) is 0 Å². The van der Waals surface area contributed by atoms with Crippen LogP contribution in [0.1, 0.15) is 44.9 Å². The number of nitrogens with zero attached hydrogens (tertiary/aromatic N) is 1. The summed E-state index contributed by atoms with van der Waals surface area (Å²) in [6.45, 7) is 0.973. The van der Waals surface area contributed by atoms with Gasteiger partial charge in [0, 0.05) is 28.9 Å². The average Bonchev–Trinajstić information content (AvgIpc) is 2.91. The second kappa shape index (κ2) is 9.02. The van der Waals surface area contributed by atoms with Crippen molar-refractivity contribution >= 4 is 17.5 Å². The number of hydrogen-bond donors (Lipinski definition) is 0. The fraction of sp³-hybridized carbons (Fsp3) is 0.350. The van der Waals surface area contributed by atoms with Crippen molar-refractivity contribution in [2.75, 3.05) is 6.61 Å². The minimum absolute atomic E-state index is 0.0435. The Kier molecular flexibility index (Phi) is 6.94. The van der Waals surface area contributed by atoms with Crippen molar-refractivity contribution in [3.05, 3.63) is 58.7 Å². The first kappa shape index (κ1) is 22.3. The number of ketones is 2. The quantitative estimate of drug-likeness (QED) is 0.370. The third kappa shape index (κ3) is 6.27. The second-order valence-corrected chi connectivity index (χ2v) is 6.50. The van der Waals surface area contributed by atoms with Crippen LogP contribution < -0.4 is 0 Å². The lowest BCUT2D eigenvalue weighted by molar-refractivity contribution is -0.142. The summed E-state index contributed by atoms with van der Waals surface area (Å²) in [4.78, 5) is 35.9. The molecular weight excluding hydrogens is 394 g/mol. The molecular formula is C20H19F4NO4. The summed E-state index contributed by atoms with van der Waals surface area (Å²) in [6.07, 6.45) is -4.90. The zero-order chi connectivity index (χ0) is 21.8. The van der Waals surface area contributed by atoms with Crippen molar-refractivity contribution in [1.29, 1.82) is 0 Å². The van der Waals surface area contributed by atoms with E-state index in [0.29, 0.717) is 0 Å². The zero-order valence-electron chi connectivity index (χ0n) is 15.8. The highest BCUT2D eigenvalue weighted by molar-refractivity contribution is 6.00. The molecule has 0 fully saturated rings. The molecule has 0 atom stereocenters.